The van der Waals surface area contributed by atoms with E-state index in [1.807, 2.05) is 26.0 Å². The van der Waals surface area contributed by atoms with Crippen molar-refractivity contribution in [2.24, 2.45) is 0 Å². The van der Waals surface area contributed by atoms with Gasteiger partial charge in [0.15, 0.2) is 0 Å². The van der Waals surface area contributed by atoms with Crippen LogP contribution >= 0.6 is 0 Å². The quantitative estimate of drug-likeness (QED) is 0.383. The number of carbonyl (C=O) groups is 2. The lowest BCUT2D eigenvalue weighted by atomic mass is 10.2. The second-order valence-electron chi connectivity index (χ2n) is 3.24. The summed E-state index contributed by atoms with van der Waals surface area (Å²) in [6.07, 6.45) is 3.85. The molecule has 0 aliphatic carbocycles. The molecule has 0 radical (unpaired) electrons. The molecule has 0 heterocycles. The SMILES string of the molecule is C=CC(=O)O.C=CC(=O)O.CC(O)C(O)CO.CC=CC. The number of aliphatic hydroxyl groups excluding tert-OH is 3. The zero-order valence-corrected chi connectivity index (χ0v) is 12.6. The summed E-state index contributed by atoms with van der Waals surface area (Å²) in [6, 6.07) is 0. The number of hydrogen-bond acceptors (Lipinski definition) is 5. The molecular formula is C14H26O7. The van der Waals surface area contributed by atoms with Crippen LogP contribution in [0.25, 0.3) is 0 Å². The van der Waals surface area contributed by atoms with Crippen LogP contribution in [0.4, 0.5) is 0 Å². The summed E-state index contributed by atoms with van der Waals surface area (Å²) < 4.78 is 0. The highest BCUT2D eigenvalue weighted by Crippen LogP contribution is 1.87. The summed E-state index contributed by atoms with van der Waals surface area (Å²) in [4.78, 5) is 18.5. The maximum Gasteiger partial charge on any atom is 0.327 e. The molecule has 0 fully saturated rings. The summed E-state index contributed by atoms with van der Waals surface area (Å²) in [5, 5.41) is 40.1. The van der Waals surface area contributed by atoms with Crippen molar-refractivity contribution in [1.29, 1.82) is 0 Å². The lowest BCUT2D eigenvalue weighted by Crippen LogP contribution is -2.25. The van der Waals surface area contributed by atoms with Gasteiger partial charge < -0.3 is 25.5 Å². The van der Waals surface area contributed by atoms with Crippen LogP contribution in [-0.2, 0) is 9.59 Å². The third-order valence-corrected chi connectivity index (χ3v) is 1.43. The molecule has 7 nitrogen and oxygen atoms in total. The Kier molecular flexibility index (Phi) is 30.2. The van der Waals surface area contributed by atoms with E-state index < -0.39 is 24.1 Å². The Hall–Kier alpha value is -1.96. The van der Waals surface area contributed by atoms with Crippen molar-refractivity contribution in [2.45, 2.75) is 33.0 Å². The molecule has 2 atom stereocenters. The van der Waals surface area contributed by atoms with Crippen LogP contribution in [0.1, 0.15) is 20.8 Å². The molecule has 0 rings (SSSR count). The molecule has 0 aromatic rings. The topological polar surface area (TPSA) is 135 Å². The smallest absolute Gasteiger partial charge is 0.327 e. The van der Waals surface area contributed by atoms with Crippen molar-refractivity contribution in [3.8, 4) is 0 Å². The van der Waals surface area contributed by atoms with Crippen LogP contribution < -0.4 is 0 Å². The Morgan fingerprint density at radius 3 is 1.24 bits per heavy atom. The molecule has 21 heavy (non-hydrogen) atoms. The van der Waals surface area contributed by atoms with Gasteiger partial charge in [-0.1, -0.05) is 25.3 Å². The van der Waals surface area contributed by atoms with Crippen LogP contribution in [0.15, 0.2) is 37.5 Å². The van der Waals surface area contributed by atoms with E-state index in [2.05, 4.69) is 13.2 Å². The lowest BCUT2D eigenvalue weighted by molar-refractivity contribution is -0.132. The summed E-state index contributed by atoms with van der Waals surface area (Å²) in [6.45, 7) is 11.0. The van der Waals surface area contributed by atoms with E-state index in [4.69, 9.17) is 25.5 Å². The van der Waals surface area contributed by atoms with E-state index in [0.29, 0.717) is 0 Å². The predicted octanol–water partition coefficient (Wildman–Crippen LogP) is 0.817. The van der Waals surface area contributed by atoms with Gasteiger partial charge in [0.05, 0.1) is 12.7 Å². The molecule has 2 unspecified atom stereocenters. The molecule has 0 aliphatic rings. The number of aliphatic hydroxyl groups is 3. The van der Waals surface area contributed by atoms with Crippen LogP contribution in [0.2, 0.25) is 0 Å². The Labute approximate surface area is 125 Å². The van der Waals surface area contributed by atoms with Crippen LogP contribution in [-0.4, -0.2) is 56.3 Å². The average Bonchev–Trinajstić information content (AvgIpc) is 2.47. The van der Waals surface area contributed by atoms with Gasteiger partial charge in [-0.2, -0.15) is 0 Å². The number of carboxylic acids is 2. The molecule has 124 valence electrons. The van der Waals surface area contributed by atoms with E-state index in [0.717, 1.165) is 12.2 Å². The second-order valence-corrected chi connectivity index (χ2v) is 3.24. The van der Waals surface area contributed by atoms with Gasteiger partial charge in [-0.05, 0) is 20.8 Å². The molecule has 5 N–H and O–H groups in total. The minimum absolute atomic E-state index is 0.377. The minimum atomic E-state index is -0.986. The van der Waals surface area contributed by atoms with Gasteiger partial charge in [0.2, 0.25) is 0 Å². The second kappa shape index (κ2) is 23.2. The van der Waals surface area contributed by atoms with Crippen molar-refractivity contribution in [3.63, 3.8) is 0 Å². The third kappa shape index (κ3) is 56.8. The van der Waals surface area contributed by atoms with Gasteiger partial charge in [-0.15, -0.1) is 0 Å². The maximum atomic E-state index is 9.25. The van der Waals surface area contributed by atoms with Gasteiger partial charge in [-0.25, -0.2) is 9.59 Å². The monoisotopic (exact) mass is 306 g/mol. The third-order valence-electron chi connectivity index (χ3n) is 1.43. The Balaban J connectivity index is -0.0000000939. The van der Waals surface area contributed by atoms with Gasteiger partial charge in [0, 0.05) is 12.2 Å². The average molecular weight is 306 g/mol. The highest BCUT2D eigenvalue weighted by Gasteiger charge is 2.06. The fraction of sp³-hybridized carbons (Fsp3) is 0.429. The molecule has 0 saturated carbocycles. The Morgan fingerprint density at radius 1 is 1.00 bits per heavy atom. The zero-order chi connectivity index (χ0) is 17.8. The number of carboxylic acid groups (broad SMARTS) is 2. The van der Waals surface area contributed by atoms with Crippen molar-refractivity contribution < 1.29 is 35.1 Å². The number of aliphatic carboxylic acids is 2. The van der Waals surface area contributed by atoms with Crippen molar-refractivity contribution >= 4 is 11.9 Å². The Bertz CT molecular complexity index is 274. The molecule has 0 aromatic heterocycles. The first-order valence-electron chi connectivity index (χ1n) is 5.89. The summed E-state index contributed by atoms with van der Waals surface area (Å²) in [5.74, 6) is -1.96. The number of hydrogen-bond donors (Lipinski definition) is 5. The molecule has 0 aromatic carbocycles. The first kappa shape index (κ1) is 27.4. The van der Waals surface area contributed by atoms with Gasteiger partial charge in [0.1, 0.15) is 6.10 Å². The highest BCUT2D eigenvalue weighted by atomic mass is 16.4. The first-order chi connectivity index (χ1) is 9.64. The standard InChI is InChI=1S/C4H10O3.C4H8.2C3H4O2/c1-3(6)4(7)2-5;1-3-4-2;2*1-2-3(4)5/h3-7H,2H2,1H3;3-4H,1-2H3;2*2H,1H2,(H,4,5). The van der Waals surface area contributed by atoms with Gasteiger partial charge in [0.25, 0.3) is 0 Å². The zero-order valence-electron chi connectivity index (χ0n) is 12.6. The van der Waals surface area contributed by atoms with E-state index in [1.165, 1.54) is 6.92 Å². The fourth-order valence-electron chi connectivity index (χ4n) is 0.153. The van der Waals surface area contributed by atoms with E-state index >= 15 is 0 Å². The molecule has 0 saturated heterocycles. The minimum Gasteiger partial charge on any atom is -0.478 e. The van der Waals surface area contributed by atoms with Gasteiger partial charge >= 0.3 is 11.9 Å². The van der Waals surface area contributed by atoms with E-state index in [-0.39, 0.29) is 6.61 Å². The van der Waals surface area contributed by atoms with Crippen LogP contribution in [0.5, 0.6) is 0 Å². The molecule has 0 spiro atoms. The largest absolute Gasteiger partial charge is 0.478 e. The fourth-order valence-corrected chi connectivity index (χ4v) is 0.153. The predicted molar refractivity (Wildman–Crippen MR) is 80.9 cm³/mol. The maximum absolute atomic E-state index is 9.25. The van der Waals surface area contributed by atoms with Gasteiger partial charge in [-0.3, -0.25) is 0 Å². The lowest BCUT2D eigenvalue weighted by Gasteiger charge is -2.07. The number of rotatable bonds is 4. The van der Waals surface area contributed by atoms with Crippen molar-refractivity contribution in [2.75, 3.05) is 6.61 Å². The molecule has 0 bridgehead atoms. The molecular weight excluding hydrogens is 280 g/mol. The van der Waals surface area contributed by atoms with E-state index in [9.17, 15) is 9.59 Å². The van der Waals surface area contributed by atoms with Crippen molar-refractivity contribution in [3.05, 3.63) is 37.5 Å². The molecule has 7 heteroatoms. The summed E-state index contributed by atoms with van der Waals surface area (Å²) in [5.41, 5.74) is 0. The molecule has 0 amide bonds. The Morgan fingerprint density at radius 2 is 1.24 bits per heavy atom. The van der Waals surface area contributed by atoms with E-state index in [1.54, 1.807) is 0 Å². The van der Waals surface area contributed by atoms with Crippen molar-refractivity contribution in [1.82, 2.24) is 0 Å². The highest BCUT2D eigenvalue weighted by molar-refractivity contribution is 5.79. The summed E-state index contributed by atoms with van der Waals surface area (Å²) >= 11 is 0. The number of allylic oxidation sites excluding steroid dienone is 2. The van der Waals surface area contributed by atoms with Crippen LogP contribution in [0.3, 0.4) is 0 Å². The normalized spacial score (nSPS) is 11.1. The van der Waals surface area contributed by atoms with Crippen LogP contribution in [0, 0.1) is 0 Å². The summed E-state index contributed by atoms with van der Waals surface area (Å²) in [7, 11) is 0. The first-order valence-corrected chi connectivity index (χ1v) is 5.89. The molecule has 0 aliphatic heterocycles.